The van der Waals surface area contributed by atoms with Crippen molar-refractivity contribution in [2.75, 3.05) is 32.8 Å². The smallest absolute Gasteiger partial charge is 0.295 e. The van der Waals surface area contributed by atoms with Crippen LogP contribution in [0.1, 0.15) is 33.5 Å². The summed E-state index contributed by atoms with van der Waals surface area (Å²) in [6.07, 6.45) is 4.54. The highest BCUT2D eigenvalue weighted by Crippen LogP contribution is 2.32. The summed E-state index contributed by atoms with van der Waals surface area (Å²) in [5, 5.41) is 4.77. The van der Waals surface area contributed by atoms with Gasteiger partial charge in [-0.05, 0) is 26.0 Å². The van der Waals surface area contributed by atoms with Crippen molar-refractivity contribution in [3.63, 3.8) is 0 Å². The number of fused-ring (bicyclic) bond motifs is 1. The molecule has 0 radical (unpaired) electrons. The van der Waals surface area contributed by atoms with Crippen LogP contribution in [0.5, 0.6) is 5.75 Å². The number of rotatable bonds is 6. The molecular formula is C25H25N7O4. The molecule has 11 nitrogen and oxygen atoms in total. The molecule has 4 heterocycles. The number of piperazine rings is 1. The van der Waals surface area contributed by atoms with E-state index in [-0.39, 0.29) is 24.6 Å². The van der Waals surface area contributed by atoms with Crippen molar-refractivity contribution in [1.82, 2.24) is 34.5 Å². The van der Waals surface area contributed by atoms with Gasteiger partial charge in [0.1, 0.15) is 17.9 Å². The van der Waals surface area contributed by atoms with Gasteiger partial charge in [0.15, 0.2) is 5.82 Å². The van der Waals surface area contributed by atoms with Gasteiger partial charge in [-0.1, -0.05) is 18.2 Å². The van der Waals surface area contributed by atoms with Gasteiger partial charge in [-0.25, -0.2) is 14.6 Å². The first kappa shape index (κ1) is 23.2. The van der Waals surface area contributed by atoms with Gasteiger partial charge in [0.25, 0.3) is 17.6 Å². The first-order valence-corrected chi connectivity index (χ1v) is 11.7. The van der Waals surface area contributed by atoms with E-state index in [1.54, 1.807) is 24.0 Å². The molecule has 1 fully saturated rings. The van der Waals surface area contributed by atoms with E-state index in [0.29, 0.717) is 53.6 Å². The maximum atomic E-state index is 13.4. The van der Waals surface area contributed by atoms with Gasteiger partial charge < -0.3 is 19.5 Å². The Morgan fingerprint density at radius 3 is 2.42 bits per heavy atom. The average Bonchev–Trinajstić information content (AvgIpc) is 3.55. The third-order valence-corrected chi connectivity index (χ3v) is 6.09. The highest BCUT2D eigenvalue weighted by atomic mass is 16.5. The van der Waals surface area contributed by atoms with E-state index in [1.165, 1.54) is 28.3 Å². The van der Waals surface area contributed by atoms with Gasteiger partial charge in [-0.15, -0.1) is 0 Å². The summed E-state index contributed by atoms with van der Waals surface area (Å²) in [6, 6.07) is 9.01. The molecule has 1 N–H and O–H groups in total. The molecule has 5 rings (SSSR count). The van der Waals surface area contributed by atoms with Crippen LogP contribution in [-0.2, 0) is 4.79 Å². The van der Waals surface area contributed by atoms with Crippen LogP contribution in [-0.4, -0.2) is 84.9 Å². The minimum atomic E-state index is -0.656. The fourth-order valence-corrected chi connectivity index (χ4v) is 4.30. The number of aromatic nitrogens is 5. The second kappa shape index (κ2) is 9.61. The third kappa shape index (κ3) is 4.19. The third-order valence-electron chi connectivity index (χ3n) is 6.09. The van der Waals surface area contributed by atoms with Crippen molar-refractivity contribution in [3.05, 3.63) is 66.0 Å². The molecule has 1 aliphatic rings. The fraction of sp³-hybridized carbons (Fsp3) is 0.280. The number of Topliss-reactive ketones (excluding diaryl/α,β-unsaturated/α-hetero) is 1. The number of amides is 2. The molecule has 184 valence electrons. The van der Waals surface area contributed by atoms with Crippen LogP contribution >= 0.6 is 0 Å². The van der Waals surface area contributed by atoms with Crippen LogP contribution in [0.2, 0.25) is 0 Å². The molecule has 36 heavy (non-hydrogen) atoms. The van der Waals surface area contributed by atoms with E-state index in [1.807, 2.05) is 25.1 Å². The van der Waals surface area contributed by atoms with Crippen LogP contribution < -0.4 is 4.74 Å². The Balaban J connectivity index is 1.38. The van der Waals surface area contributed by atoms with Crippen LogP contribution in [0, 0.1) is 6.92 Å². The van der Waals surface area contributed by atoms with Crippen LogP contribution in [0.25, 0.3) is 16.7 Å². The molecule has 0 bridgehead atoms. The summed E-state index contributed by atoms with van der Waals surface area (Å²) in [5.74, 6) is 0.0339. The lowest BCUT2D eigenvalue weighted by Crippen LogP contribution is -2.52. The van der Waals surface area contributed by atoms with E-state index in [9.17, 15) is 14.4 Å². The number of pyridine rings is 1. The first-order valence-electron chi connectivity index (χ1n) is 11.7. The number of H-pyrrole nitrogens is 1. The lowest BCUT2D eigenvalue weighted by atomic mass is 10.1. The van der Waals surface area contributed by atoms with Crippen LogP contribution in [0.3, 0.4) is 0 Å². The van der Waals surface area contributed by atoms with Crippen molar-refractivity contribution >= 4 is 28.5 Å². The number of ketones is 1. The topological polar surface area (TPSA) is 126 Å². The number of nitrogens with one attached hydrogen (secondary N) is 1. The second-order valence-electron chi connectivity index (χ2n) is 8.35. The van der Waals surface area contributed by atoms with E-state index < -0.39 is 11.7 Å². The second-order valence-corrected chi connectivity index (χ2v) is 8.35. The monoisotopic (exact) mass is 487 g/mol. The molecule has 0 saturated carbocycles. The average molecular weight is 488 g/mol. The molecule has 11 heteroatoms. The van der Waals surface area contributed by atoms with Crippen LogP contribution in [0.15, 0.2) is 49.1 Å². The summed E-state index contributed by atoms with van der Waals surface area (Å²) in [4.78, 5) is 54.1. The summed E-state index contributed by atoms with van der Waals surface area (Å²) < 4.78 is 7.23. The Morgan fingerprint density at radius 1 is 1.03 bits per heavy atom. The van der Waals surface area contributed by atoms with Gasteiger partial charge in [0, 0.05) is 37.9 Å². The highest BCUT2D eigenvalue weighted by molar-refractivity contribution is 6.45. The van der Waals surface area contributed by atoms with Gasteiger partial charge in [-0.2, -0.15) is 5.10 Å². The van der Waals surface area contributed by atoms with Crippen molar-refractivity contribution in [2.45, 2.75) is 13.8 Å². The molecule has 0 atom stereocenters. The number of benzene rings is 1. The number of aryl methyl sites for hydroxylation is 1. The molecule has 3 aromatic heterocycles. The van der Waals surface area contributed by atoms with Gasteiger partial charge in [0.05, 0.1) is 29.3 Å². The molecule has 1 aliphatic heterocycles. The van der Waals surface area contributed by atoms with E-state index in [4.69, 9.17) is 4.74 Å². The predicted octanol–water partition coefficient (Wildman–Crippen LogP) is 2.02. The zero-order valence-electron chi connectivity index (χ0n) is 20.0. The molecule has 0 unspecified atom stereocenters. The van der Waals surface area contributed by atoms with Crippen molar-refractivity contribution < 1.29 is 19.1 Å². The highest BCUT2D eigenvalue weighted by Gasteiger charge is 2.31. The molecule has 0 spiro atoms. The number of carbonyl (C=O) groups excluding carboxylic acids is 3. The maximum absolute atomic E-state index is 13.4. The molecule has 2 amide bonds. The van der Waals surface area contributed by atoms with E-state index in [2.05, 4.69) is 20.1 Å². The lowest BCUT2D eigenvalue weighted by molar-refractivity contribution is -0.127. The van der Waals surface area contributed by atoms with Gasteiger partial charge in [0.2, 0.25) is 0 Å². The maximum Gasteiger partial charge on any atom is 0.295 e. The Bertz CT molecular complexity index is 1440. The number of hydrogen-bond acceptors (Lipinski definition) is 7. The summed E-state index contributed by atoms with van der Waals surface area (Å²) in [6.45, 7) is 5.20. The summed E-state index contributed by atoms with van der Waals surface area (Å²) in [7, 11) is 0. The van der Waals surface area contributed by atoms with Crippen LogP contribution in [0.4, 0.5) is 0 Å². The lowest BCUT2D eigenvalue weighted by Gasteiger charge is -2.34. The number of carbonyl (C=O) groups is 3. The summed E-state index contributed by atoms with van der Waals surface area (Å²) >= 11 is 0. The number of ether oxygens (including phenoxy) is 1. The number of aromatic amines is 1. The Morgan fingerprint density at radius 2 is 1.75 bits per heavy atom. The Hall–Kier alpha value is -4.54. The molecule has 4 aromatic rings. The summed E-state index contributed by atoms with van der Waals surface area (Å²) in [5.41, 5.74) is 1.31. The SMILES string of the molecule is CCOc1cnc(-n2cnc(C)n2)c2[nH]cc(C(=O)C(=O)N3CCN(C(=O)c4ccccc4)CC3)c12. The first-order chi connectivity index (χ1) is 17.5. The van der Waals surface area contributed by atoms with Gasteiger partial charge >= 0.3 is 0 Å². The zero-order valence-corrected chi connectivity index (χ0v) is 20.0. The fourth-order valence-electron chi connectivity index (χ4n) is 4.30. The number of hydrogen-bond donors (Lipinski definition) is 1. The van der Waals surface area contributed by atoms with Gasteiger partial charge in [-0.3, -0.25) is 14.4 Å². The largest absolute Gasteiger partial charge is 0.492 e. The Kier molecular flexibility index (Phi) is 6.19. The quantitative estimate of drug-likeness (QED) is 0.326. The van der Waals surface area contributed by atoms with Crippen molar-refractivity contribution in [3.8, 4) is 11.6 Å². The molecular weight excluding hydrogens is 462 g/mol. The minimum absolute atomic E-state index is 0.0876. The standard InChI is InChI=1S/C25H25N7O4/c1-3-36-19-14-27-23(32-15-28-16(2)29-32)21-20(19)18(13-26-21)22(33)25(35)31-11-9-30(10-12-31)24(34)17-7-5-4-6-8-17/h4-8,13-15,26H,3,9-12H2,1-2H3. The van der Waals surface area contributed by atoms with E-state index >= 15 is 0 Å². The Labute approximate surface area is 206 Å². The van der Waals surface area contributed by atoms with E-state index in [0.717, 1.165) is 0 Å². The van der Waals surface area contributed by atoms with Crippen molar-refractivity contribution in [1.29, 1.82) is 0 Å². The minimum Gasteiger partial charge on any atom is -0.492 e. The number of nitrogens with zero attached hydrogens (tertiary/aromatic N) is 6. The van der Waals surface area contributed by atoms with Crippen molar-refractivity contribution in [2.24, 2.45) is 0 Å². The molecule has 1 aromatic carbocycles. The molecule has 1 saturated heterocycles. The molecule has 0 aliphatic carbocycles. The zero-order chi connectivity index (χ0) is 25.2. The predicted molar refractivity (Wildman–Crippen MR) is 130 cm³/mol. The normalized spacial score (nSPS) is 13.7.